The lowest BCUT2D eigenvalue weighted by Gasteiger charge is -2.20. The lowest BCUT2D eigenvalue weighted by Crippen LogP contribution is -2.25. The summed E-state index contributed by atoms with van der Waals surface area (Å²) in [5, 5.41) is 2.28. The van der Waals surface area contributed by atoms with Crippen molar-refractivity contribution in [3.05, 3.63) is 94.3 Å². The van der Waals surface area contributed by atoms with Crippen molar-refractivity contribution >= 4 is 34.8 Å². The van der Waals surface area contributed by atoms with Gasteiger partial charge in [0.05, 0.1) is 22.5 Å². The van der Waals surface area contributed by atoms with Crippen LogP contribution in [0.1, 0.15) is 42.2 Å². The molecule has 8 heteroatoms. The van der Waals surface area contributed by atoms with Crippen molar-refractivity contribution in [1.82, 2.24) is 0 Å². The van der Waals surface area contributed by atoms with E-state index in [2.05, 4.69) is 5.32 Å². The zero-order valence-electron chi connectivity index (χ0n) is 16.0. The number of carbonyl (C=O) groups is 4. The molecule has 3 aromatic rings. The van der Waals surface area contributed by atoms with Gasteiger partial charge in [0.2, 0.25) is 0 Å². The van der Waals surface area contributed by atoms with Gasteiger partial charge < -0.3 is 15.8 Å². The molecular formula is C23H15FN2O5. The number of ether oxygens (including phenoxy) is 1. The van der Waals surface area contributed by atoms with Gasteiger partial charge >= 0.3 is 5.97 Å². The Balaban J connectivity index is 1.54. The fraction of sp³-hybridized carbons (Fsp3) is 0.0435. The van der Waals surface area contributed by atoms with Crippen LogP contribution in [0.2, 0.25) is 0 Å². The molecule has 154 valence electrons. The van der Waals surface area contributed by atoms with E-state index in [-0.39, 0.29) is 45.0 Å². The standard InChI is InChI=1S/C23H15FN2O5/c24-16-7-3-4-8-17(16)26-18(27)11-31-23(30)15-10-9-14-19(20(15)25)22(29)13-6-2-1-5-12(13)21(14)28/h1-10H,11,25H2,(H,26,27). The van der Waals surface area contributed by atoms with E-state index < -0.39 is 30.1 Å². The number of hydrogen-bond acceptors (Lipinski definition) is 6. The molecule has 1 aliphatic carbocycles. The lowest BCUT2D eigenvalue weighted by atomic mass is 9.82. The Labute approximate surface area is 175 Å². The number of anilines is 2. The van der Waals surface area contributed by atoms with Gasteiger partial charge in [-0.2, -0.15) is 0 Å². The van der Waals surface area contributed by atoms with Crippen LogP contribution in [0.25, 0.3) is 0 Å². The summed E-state index contributed by atoms with van der Waals surface area (Å²) >= 11 is 0. The van der Waals surface area contributed by atoms with Crippen LogP contribution in [0, 0.1) is 5.82 Å². The van der Waals surface area contributed by atoms with Gasteiger partial charge in [-0.25, -0.2) is 9.18 Å². The molecule has 3 aromatic carbocycles. The minimum Gasteiger partial charge on any atom is -0.452 e. The van der Waals surface area contributed by atoms with Crippen molar-refractivity contribution in [3.63, 3.8) is 0 Å². The van der Waals surface area contributed by atoms with E-state index >= 15 is 0 Å². The molecule has 4 rings (SSSR count). The van der Waals surface area contributed by atoms with Gasteiger partial charge in [-0.3, -0.25) is 14.4 Å². The number of esters is 1. The predicted molar refractivity (Wildman–Crippen MR) is 109 cm³/mol. The van der Waals surface area contributed by atoms with E-state index in [1.807, 2.05) is 0 Å². The van der Waals surface area contributed by atoms with Gasteiger partial charge in [0, 0.05) is 16.7 Å². The summed E-state index contributed by atoms with van der Waals surface area (Å²) in [4.78, 5) is 50.0. The average Bonchev–Trinajstić information content (AvgIpc) is 2.77. The summed E-state index contributed by atoms with van der Waals surface area (Å²) in [6, 6.07) is 14.5. The Morgan fingerprint density at radius 2 is 1.52 bits per heavy atom. The second kappa shape index (κ2) is 7.83. The molecule has 0 radical (unpaired) electrons. The molecule has 0 fully saturated rings. The summed E-state index contributed by atoms with van der Waals surface area (Å²) in [6.07, 6.45) is 0. The van der Waals surface area contributed by atoms with Gasteiger partial charge in [-0.05, 0) is 24.3 Å². The zero-order valence-corrected chi connectivity index (χ0v) is 16.0. The van der Waals surface area contributed by atoms with Crippen LogP contribution in [-0.2, 0) is 9.53 Å². The first kappa shape index (κ1) is 20.0. The molecule has 0 saturated heterocycles. The molecule has 1 amide bonds. The summed E-state index contributed by atoms with van der Waals surface area (Å²) in [5.41, 5.74) is 6.10. The van der Waals surface area contributed by atoms with Crippen molar-refractivity contribution in [2.75, 3.05) is 17.7 Å². The molecule has 0 unspecified atom stereocenters. The maximum absolute atomic E-state index is 13.6. The largest absolute Gasteiger partial charge is 0.452 e. The topological polar surface area (TPSA) is 116 Å². The maximum atomic E-state index is 13.6. The molecule has 7 nitrogen and oxygen atoms in total. The fourth-order valence-electron chi connectivity index (χ4n) is 3.35. The smallest absolute Gasteiger partial charge is 0.340 e. The first-order valence-corrected chi connectivity index (χ1v) is 9.21. The third-order valence-corrected chi connectivity index (χ3v) is 4.84. The van der Waals surface area contributed by atoms with Crippen LogP contribution < -0.4 is 11.1 Å². The highest BCUT2D eigenvalue weighted by atomic mass is 19.1. The van der Waals surface area contributed by atoms with Crippen LogP contribution in [0.15, 0.2) is 60.7 Å². The molecule has 0 atom stereocenters. The van der Waals surface area contributed by atoms with E-state index in [0.717, 1.165) is 0 Å². The van der Waals surface area contributed by atoms with Crippen molar-refractivity contribution in [2.24, 2.45) is 0 Å². The average molecular weight is 418 g/mol. The molecule has 0 aliphatic heterocycles. The molecule has 1 aliphatic rings. The van der Waals surface area contributed by atoms with Crippen molar-refractivity contribution in [1.29, 1.82) is 0 Å². The second-order valence-electron chi connectivity index (χ2n) is 6.76. The Kier molecular flexibility index (Phi) is 5.04. The summed E-state index contributed by atoms with van der Waals surface area (Å²) < 4.78 is 18.6. The van der Waals surface area contributed by atoms with Gasteiger partial charge in [-0.1, -0.05) is 36.4 Å². The second-order valence-corrected chi connectivity index (χ2v) is 6.76. The molecule has 0 bridgehead atoms. The summed E-state index contributed by atoms with van der Waals surface area (Å²) in [7, 11) is 0. The van der Waals surface area contributed by atoms with Crippen LogP contribution >= 0.6 is 0 Å². The SMILES string of the molecule is Nc1c(C(=O)OCC(=O)Nc2ccccc2F)ccc2c1C(=O)c1ccccc1C2=O. The van der Waals surface area contributed by atoms with E-state index in [9.17, 15) is 23.6 Å². The van der Waals surface area contributed by atoms with E-state index in [1.165, 1.54) is 42.5 Å². The lowest BCUT2D eigenvalue weighted by molar-refractivity contribution is -0.119. The third kappa shape index (κ3) is 3.55. The van der Waals surface area contributed by atoms with Crippen LogP contribution in [0.5, 0.6) is 0 Å². The quantitative estimate of drug-likeness (QED) is 0.389. The van der Waals surface area contributed by atoms with E-state index in [1.54, 1.807) is 18.2 Å². The maximum Gasteiger partial charge on any atom is 0.340 e. The first-order valence-electron chi connectivity index (χ1n) is 9.21. The number of hydrogen-bond donors (Lipinski definition) is 2. The normalized spacial score (nSPS) is 12.0. The summed E-state index contributed by atoms with van der Waals surface area (Å²) in [5.74, 6) is -3.20. The van der Waals surface area contributed by atoms with Gasteiger partial charge in [0.1, 0.15) is 5.82 Å². The highest BCUT2D eigenvalue weighted by molar-refractivity contribution is 6.30. The third-order valence-electron chi connectivity index (χ3n) is 4.84. The molecule has 0 spiro atoms. The highest BCUT2D eigenvalue weighted by Crippen LogP contribution is 2.32. The number of fused-ring (bicyclic) bond motifs is 2. The first-order chi connectivity index (χ1) is 14.9. The van der Waals surface area contributed by atoms with E-state index in [0.29, 0.717) is 0 Å². The van der Waals surface area contributed by atoms with Crippen molar-refractivity contribution in [2.45, 2.75) is 0 Å². The van der Waals surface area contributed by atoms with Gasteiger partial charge in [-0.15, -0.1) is 0 Å². The Morgan fingerprint density at radius 1 is 0.871 bits per heavy atom. The number of nitrogen functional groups attached to an aromatic ring is 1. The number of nitrogens with two attached hydrogens (primary N) is 1. The number of carbonyl (C=O) groups excluding carboxylic acids is 4. The number of para-hydroxylation sites is 1. The number of rotatable bonds is 4. The summed E-state index contributed by atoms with van der Waals surface area (Å²) in [6.45, 7) is -0.695. The monoisotopic (exact) mass is 418 g/mol. The number of halogens is 1. The molecule has 0 heterocycles. The number of ketones is 2. The molecule has 0 aromatic heterocycles. The highest BCUT2D eigenvalue weighted by Gasteiger charge is 2.33. The Hall–Kier alpha value is -4.33. The molecule has 3 N–H and O–H groups in total. The van der Waals surface area contributed by atoms with E-state index in [4.69, 9.17) is 10.5 Å². The molecule has 31 heavy (non-hydrogen) atoms. The fourth-order valence-corrected chi connectivity index (χ4v) is 3.35. The van der Waals surface area contributed by atoms with Gasteiger partial charge in [0.25, 0.3) is 5.91 Å². The minimum absolute atomic E-state index is 0.0559. The Bertz CT molecular complexity index is 1270. The van der Waals surface area contributed by atoms with Crippen molar-refractivity contribution in [3.8, 4) is 0 Å². The van der Waals surface area contributed by atoms with Crippen LogP contribution in [0.4, 0.5) is 15.8 Å². The van der Waals surface area contributed by atoms with Crippen LogP contribution in [-0.4, -0.2) is 30.0 Å². The van der Waals surface area contributed by atoms with Crippen LogP contribution in [0.3, 0.4) is 0 Å². The minimum atomic E-state index is -0.955. The van der Waals surface area contributed by atoms with Gasteiger partial charge in [0.15, 0.2) is 18.2 Å². The number of amides is 1. The van der Waals surface area contributed by atoms with Crippen molar-refractivity contribution < 1.29 is 28.3 Å². The molecular weight excluding hydrogens is 403 g/mol. The zero-order chi connectivity index (χ0) is 22.1. The molecule has 0 saturated carbocycles. The Morgan fingerprint density at radius 3 is 2.23 bits per heavy atom. The number of benzene rings is 3. The predicted octanol–water partition coefficient (Wildman–Crippen LogP) is 2.98. The number of nitrogens with one attached hydrogen (secondary N) is 1.